The van der Waals surface area contributed by atoms with E-state index < -0.39 is 0 Å². The standard InChI is InChI=1S/C30H50/c1-21(2)30(17-8-18-30)20-14-22(3)25-12-13-26-24-11-10-23-9-6-7-16-28(23,4)27(24)15-19-29(25,26)5/h10,21-22,24-27H,6-9,11-20H2,1-5H3. The Morgan fingerprint density at radius 1 is 0.900 bits per heavy atom. The van der Waals surface area contributed by atoms with Crippen molar-refractivity contribution >= 4 is 0 Å². The average Bonchev–Trinajstić information content (AvgIpc) is 3.03. The normalized spacial score (nSPS) is 45.7. The Labute approximate surface area is 188 Å². The van der Waals surface area contributed by atoms with Crippen LogP contribution in [0.3, 0.4) is 0 Å². The Bertz CT molecular complexity index is 666. The molecule has 0 bridgehead atoms. The van der Waals surface area contributed by atoms with Crippen molar-refractivity contribution in [2.45, 2.75) is 125 Å². The summed E-state index contributed by atoms with van der Waals surface area (Å²) in [6, 6.07) is 0. The van der Waals surface area contributed by atoms with Crippen LogP contribution in [0.15, 0.2) is 11.6 Å². The molecule has 0 aromatic heterocycles. The molecule has 0 saturated heterocycles. The molecule has 0 amide bonds. The Morgan fingerprint density at radius 3 is 2.40 bits per heavy atom. The van der Waals surface area contributed by atoms with Gasteiger partial charge in [0.15, 0.2) is 0 Å². The maximum atomic E-state index is 2.76. The van der Waals surface area contributed by atoms with E-state index in [2.05, 4.69) is 40.7 Å². The largest absolute Gasteiger partial charge is 0.0845 e. The van der Waals surface area contributed by atoms with E-state index in [1.807, 2.05) is 5.57 Å². The summed E-state index contributed by atoms with van der Waals surface area (Å²) in [6.07, 6.45) is 23.7. The number of allylic oxidation sites excluding steroid dienone is 2. The minimum Gasteiger partial charge on any atom is -0.0845 e. The summed E-state index contributed by atoms with van der Waals surface area (Å²) < 4.78 is 0. The summed E-state index contributed by atoms with van der Waals surface area (Å²) in [4.78, 5) is 0. The molecule has 0 aromatic rings. The van der Waals surface area contributed by atoms with Crippen molar-refractivity contribution in [3.05, 3.63) is 11.6 Å². The quantitative estimate of drug-likeness (QED) is 0.396. The zero-order valence-electron chi connectivity index (χ0n) is 20.9. The van der Waals surface area contributed by atoms with E-state index >= 15 is 0 Å². The first-order valence-electron chi connectivity index (χ1n) is 14.0. The molecular formula is C30H50. The molecule has 5 rings (SSSR count). The van der Waals surface area contributed by atoms with Crippen LogP contribution in [-0.4, -0.2) is 0 Å². The fraction of sp³-hybridized carbons (Fsp3) is 0.933. The Balaban J connectivity index is 1.30. The maximum absolute atomic E-state index is 2.76. The summed E-state index contributed by atoms with van der Waals surface area (Å²) in [5, 5.41) is 0. The molecule has 0 aromatic carbocycles. The fourth-order valence-electron chi connectivity index (χ4n) is 10.1. The molecule has 0 N–H and O–H groups in total. The van der Waals surface area contributed by atoms with Gasteiger partial charge in [0.2, 0.25) is 0 Å². The molecule has 4 saturated carbocycles. The second kappa shape index (κ2) is 7.66. The molecule has 5 aliphatic carbocycles. The number of hydrogen-bond acceptors (Lipinski definition) is 0. The lowest BCUT2D eigenvalue weighted by molar-refractivity contribution is -0.0521. The molecule has 0 spiro atoms. The number of hydrogen-bond donors (Lipinski definition) is 0. The molecule has 0 nitrogen and oxygen atoms in total. The zero-order valence-corrected chi connectivity index (χ0v) is 20.9. The van der Waals surface area contributed by atoms with Gasteiger partial charge in [-0.1, -0.05) is 59.1 Å². The third kappa shape index (κ3) is 3.12. The molecule has 0 aliphatic heterocycles. The smallest absolute Gasteiger partial charge is 0.00853 e. The minimum atomic E-state index is 0.570. The third-order valence-electron chi connectivity index (χ3n) is 12.4. The highest BCUT2D eigenvalue weighted by molar-refractivity contribution is 5.24. The first kappa shape index (κ1) is 21.6. The van der Waals surface area contributed by atoms with Gasteiger partial charge in [-0.25, -0.2) is 0 Å². The van der Waals surface area contributed by atoms with Crippen LogP contribution in [-0.2, 0) is 0 Å². The lowest BCUT2D eigenvalue weighted by atomic mass is 9.47. The molecule has 5 aliphatic rings. The summed E-state index contributed by atoms with van der Waals surface area (Å²) in [7, 11) is 0. The molecule has 4 fully saturated rings. The third-order valence-corrected chi connectivity index (χ3v) is 12.4. The molecule has 0 heteroatoms. The molecule has 7 atom stereocenters. The van der Waals surface area contributed by atoms with Crippen LogP contribution in [0.2, 0.25) is 0 Å². The molecule has 0 heterocycles. The van der Waals surface area contributed by atoms with Gasteiger partial charge in [-0.3, -0.25) is 0 Å². The summed E-state index contributed by atoms with van der Waals surface area (Å²) >= 11 is 0. The Kier molecular flexibility index (Phi) is 5.51. The first-order chi connectivity index (χ1) is 14.3. The minimum absolute atomic E-state index is 0.570. The highest BCUT2D eigenvalue weighted by Crippen LogP contribution is 2.67. The lowest BCUT2D eigenvalue weighted by Gasteiger charge is -2.58. The van der Waals surface area contributed by atoms with E-state index in [0.29, 0.717) is 16.2 Å². The van der Waals surface area contributed by atoms with Crippen molar-refractivity contribution in [1.82, 2.24) is 0 Å². The molecule has 30 heavy (non-hydrogen) atoms. The van der Waals surface area contributed by atoms with Crippen molar-refractivity contribution in [2.75, 3.05) is 0 Å². The molecule has 170 valence electrons. The van der Waals surface area contributed by atoms with Gasteiger partial charge in [-0.2, -0.15) is 0 Å². The van der Waals surface area contributed by atoms with Crippen molar-refractivity contribution in [3.8, 4) is 0 Å². The Hall–Kier alpha value is -0.260. The van der Waals surface area contributed by atoms with Gasteiger partial charge in [0.25, 0.3) is 0 Å². The van der Waals surface area contributed by atoms with Crippen LogP contribution >= 0.6 is 0 Å². The predicted octanol–water partition coefficient (Wildman–Crippen LogP) is 9.20. The van der Waals surface area contributed by atoms with E-state index in [-0.39, 0.29) is 0 Å². The number of fused-ring (bicyclic) bond motifs is 5. The monoisotopic (exact) mass is 410 g/mol. The maximum Gasteiger partial charge on any atom is -0.00853 e. The molecular weight excluding hydrogens is 360 g/mol. The highest BCUT2D eigenvalue weighted by atomic mass is 14.6. The van der Waals surface area contributed by atoms with Crippen molar-refractivity contribution in [1.29, 1.82) is 0 Å². The SMILES string of the molecule is CC(CCC1(C(C)C)CCC1)C1CCC2C3CC=C4CCCCC4(C)C3CCC12C. The van der Waals surface area contributed by atoms with Crippen LogP contribution in [0.5, 0.6) is 0 Å². The molecule has 7 unspecified atom stereocenters. The van der Waals surface area contributed by atoms with Crippen molar-refractivity contribution in [3.63, 3.8) is 0 Å². The van der Waals surface area contributed by atoms with Crippen LogP contribution in [0, 0.1) is 51.8 Å². The average molecular weight is 411 g/mol. The second-order valence-corrected chi connectivity index (χ2v) is 13.6. The van der Waals surface area contributed by atoms with Crippen LogP contribution in [0.1, 0.15) is 125 Å². The van der Waals surface area contributed by atoms with E-state index in [1.54, 1.807) is 6.42 Å². The van der Waals surface area contributed by atoms with Crippen molar-refractivity contribution < 1.29 is 0 Å². The number of rotatable bonds is 5. The highest BCUT2D eigenvalue weighted by Gasteiger charge is 2.58. The van der Waals surface area contributed by atoms with Crippen LogP contribution in [0.4, 0.5) is 0 Å². The second-order valence-electron chi connectivity index (χ2n) is 13.6. The van der Waals surface area contributed by atoms with E-state index in [9.17, 15) is 0 Å². The van der Waals surface area contributed by atoms with E-state index in [0.717, 1.165) is 35.5 Å². The zero-order chi connectivity index (χ0) is 21.1. The van der Waals surface area contributed by atoms with Gasteiger partial charge in [0, 0.05) is 0 Å². The van der Waals surface area contributed by atoms with E-state index in [4.69, 9.17) is 0 Å². The van der Waals surface area contributed by atoms with Crippen LogP contribution in [0.25, 0.3) is 0 Å². The van der Waals surface area contributed by atoms with Crippen molar-refractivity contribution in [2.24, 2.45) is 51.8 Å². The lowest BCUT2D eigenvalue weighted by Crippen LogP contribution is -2.50. The van der Waals surface area contributed by atoms with Gasteiger partial charge < -0.3 is 0 Å². The summed E-state index contributed by atoms with van der Waals surface area (Å²) in [5.41, 5.74) is 3.80. The first-order valence-corrected chi connectivity index (χ1v) is 14.0. The van der Waals surface area contributed by atoms with Gasteiger partial charge >= 0.3 is 0 Å². The van der Waals surface area contributed by atoms with Gasteiger partial charge in [-0.05, 0) is 129 Å². The van der Waals surface area contributed by atoms with Gasteiger partial charge in [0.1, 0.15) is 0 Å². The summed E-state index contributed by atoms with van der Waals surface area (Å²) in [5.74, 6) is 5.85. The van der Waals surface area contributed by atoms with Gasteiger partial charge in [-0.15, -0.1) is 0 Å². The Morgan fingerprint density at radius 2 is 1.70 bits per heavy atom. The van der Waals surface area contributed by atoms with Gasteiger partial charge in [0.05, 0.1) is 0 Å². The molecule has 0 radical (unpaired) electrons. The topological polar surface area (TPSA) is 0 Å². The fourth-order valence-corrected chi connectivity index (χ4v) is 10.1. The van der Waals surface area contributed by atoms with E-state index in [1.165, 1.54) is 83.5 Å². The van der Waals surface area contributed by atoms with Crippen LogP contribution < -0.4 is 0 Å². The predicted molar refractivity (Wildman–Crippen MR) is 129 cm³/mol. The summed E-state index contributed by atoms with van der Waals surface area (Å²) in [6.45, 7) is 13.1.